The van der Waals surface area contributed by atoms with Crippen LogP contribution in [0.15, 0.2) is 36.1 Å². The van der Waals surface area contributed by atoms with Crippen LogP contribution in [0.1, 0.15) is 37.7 Å². The molecule has 4 saturated carbocycles. The predicted octanol–water partition coefficient (Wildman–Crippen LogP) is 4.25. The van der Waals surface area contributed by atoms with E-state index in [2.05, 4.69) is 0 Å². The van der Waals surface area contributed by atoms with E-state index < -0.39 is 0 Å². The highest BCUT2D eigenvalue weighted by atomic mass is 16.5. The second-order valence-corrected chi connectivity index (χ2v) is 6.86. The van der Waals surface area contributed by atoms with Crippen LogP contribution >= 0.6 is 0 Å². The molecule has 0 unspecified atom stereocenters. The molecule has 1 aromatic rings. The maximum Gasteiger partial charge on any atom is 0.122 e. The topological polar surface area (TPSA) is 29.5 Å². The third-order valence-electron chi connectivity index (χ3n) is 5.53. The molecular weight excluding hydrogens is 248 g/mol. The van der Waals surface area contributed by atoms with Gasteiger partial charge in [-0.25, -0.2) is 0 Å². The summed E-state index contributed by atoms with van der Waals surface area (Å²) in [6.07, 6.45) is 9.06. The van der Waals surface area contributed by atoms with Crippen LogP contribution in [0.5, 0.6) is 5.75 Å². The molecule has 1 aromatic carbocycles. The Kier molecular flexibility index (Phi) is 2.98. The number of aromatic hydroxyl groups is 1. The summed E-state index contributed by atoms with van der Waals surface area (Å²) < 4.78 is 5.80. The maximum atomic E-state index is 9.75. The van der Waals surface area contributed by atoms with E-state index in [-0.39, 0.29) is 0 Å². The highest BCUT2D eigenvalue weighted by Crippen LogP contribution is 2.56. The first kappa shape index (κ1) is 12.3. The molecule has 1 N–H and O–H groups in total. The minimum absolute atomic E-state index is 0.330. The Bertz CT molecular complexity index is 502. The van der Waals surface area contributed by atoms with Crippen LogP contribution in [-0.4, -0.2) is 5.11 Å². The summed E-state index contributed by atoms with van der Waals surface area (Å²) in [6.45, 7) is 0.475. The SMILES string of the molecule is Oc1ccccc1COC=C1C2CC3CC(C2)CC1C3. The van der Waals surface area contributed by atoms with Gasteiger partial charge in [0.2, 0.25) is 0 Å². The van der Waals surface area contributed by atoms with E-state index in [9.17, 15) is 5.11 Å². The van der Waals surface area contributed by atoms with Crippen molar-refractivity contribution < 1.29 is 9.84 Å². The highest BCUT2D eigenvalue weighted by molar-refractivity contribution is 5.31. The average molecular weight is 270 g/mol. The van der Waals surface area contributed by atoms with Crippen molar-refractivity contribution in [1.82, 2.24) is 0 Å². The molecule has 0 aromatic heterocycles. The van der Waals surface area contributed by atoms with Crippen LogP contribution in [0.25, 0.3) is 0 Å². The number of phenols is 1. The summed E-state index contributed by atoms with van der Waals surface area (Å²) in [5.41, 5.74) is 2.43. The Balaban J connectivity index is 1.44. The predicted molar refractivity (Wildman–Crippen MR) is 78.0 cm³/mol. The minimum atomic E-state index is 0.330. The number of para-hydroxylation sites is 1. The summed E-state index contributed by atoms with van der Waals surface area (Å²) in [4.78, 5) is 0. The van der Waals surface area contributed by atoms with Crippen molar-refractivity contribution in [2.24, 2.45) is 23.7 Å². The molecule has 4 aliphatic rings. The molecule has 5 rings (SSSR count). The van der Waals surface area contributed by atoms with Crippen molar-refractivity contribution in [1.29, 1.82) is 0 Å². The monoisotopic (exact) mass is 270 g/mol. The second kappa shape index (κ2) is 4.83. The molecule has 20 heavy (non-hydrogen) atoms. The molecule has 4 bridgehead atoms. The van der Waals surface area contributed by atoms with Crippen LogP contribution in [0.3, 0.4) is 0 Å². The van der Waals surface area contributed by atoms with Crippen LogP contribution in [0.4, 0.5) is 0 Å². The number of hydrogen-bond acceptors (Lipinski definition) is 2. The normalized spacial score (nSPS) is 34.3. The van der Waals surface area contributed by atoms with Crippen molar-refractivity contribution in [2.75, 3.05) is 0 Å². The lowest BCUT2D eigenvalue weighted by Crippen LogP contribution is -2.40. The molecule has 0 atom stereocenters. The Morgan fingerprint density at radius 1 is 1.00 bits per heavy atom. The van der Waals surface area contributed by atoms with E-state index in [1.807, 2.05) is 24.5 Å². The van der Waals surface area contributed by atoms with E-state index in [4.69, 9.17) is 4.74 Å². The van der Waals surface area contributed by atoms with Gasteiger partial charge in [0.05, 0.1) is 6.26 Å². The number of benzene rings is 1. The molecule has 0 amide bonds. The lowest BCUT2D eigenvalue weighted by atomic mass is 9.54. The zero-order valence-corrected chi connectivity index (χ0v) is 11.8. The molecule has 0 aliphatic heterocycles. The summed E-state index contributed by atoms with van der Waals surface area (Å²) in [7, 11) is 0. The first-order valence-electron chi connectivity index (χ1n) is 7.88. The fourth-order valence-corrected chi connectivity index (χ4v) is 4.78. The van der Waals surface area contributed by atoms with E-state index >= 15 is 0 Å². The standard InChI is InChI=1S/C18H22O2/c19-18-4-2-1-3-14(18)10-20-11-17-15-6-12-5-13(8-15)9-16(17)7-12/h1-4,11-13,15-16,19H,5-10H2. The van der Waals surface area contributed by atoms with Gasteiger partial charge in [0.1, 0.15) is 12.4 Å². The molecule has 0 radical (unpaired) electrons. The summed E-state index contributed by atoms with van der Waals surface area (Å²) >= 11 is 0. The fraction of sp³-hybridized carbons (Fsp3) is 0.556. The van der Waals surface area contributed by atoms with Gasteiger partial charge in [0.15, 0.2) is 0 Å². The highest BCUT2D eigenvalue weighted by Gasteiger charge is 2.45. The molecule has 4 fully saturated rings. The van der Waals surface area contributed by atoms with Crippen LogP contribution in [0.2, 0.25) is 0 Å². The van der Waals surface area contributed by atoms with Gasteiger partial charge in [0.25, 0.3) is 0 Å². The summed E-state index contributed by atoms with van der Waals surface area (Å²) in [6, 6.07) is 7.42. The number of ether oxygens (including phenoxy) is 1. The smallest absolute Gasteiger partial charge is 0.122 e. The zero-order chi connectivity index (χ0) is 13.5. The molecule has 106 valence electrons. The van der Waals surface area contributed by atoms with Crippen molar-refractivity contribution in [3.63, 3.8) is 0 Å². The van der Waals surface area contributed by atoms with E-state index in [0.29, 0.717) is 12.4 Å². The molecular formula is C18H22O2. The fourth-order valence-electron chi connectivity index (χ4n) is 4.78. The largest absolute Gasteiger partial charge is 0.508 e. The number of rotatable bonds is 3. The zero-order valence-electron chi connectivity index (χ0n) is 11.8. The first-order chi connectivity index (χ1) is 9.79. The maximum absolute atomic E-state index is 9.75. The number of phenolic OH excluding ortho intramolecular Hbond substituents is 1. The molecule has 0 saturated heterocycles. The quantitative estimate of drug-likeness (QED) is 0.832. The number of allylic oxidation sites excluding steroid dienone is 1. The Morgan fingerprint density at radius 2 is 1.65 bits per heavy atom. The van der Waals surface area contributed by atoms with Crippen molar-refractivity contribution >= 4 is 0 Å². The van der Waals surface area contributed by atoms with Gasteiger partial charge in [0, 0.05) is 5.56 Å². The third kappa shape index (κ3) is 2.11. The summed E-state index contributed by atoms with van der Waals surface area (Å²) in [5.74, 6) is 3.89. The lowest BCUT2D eigenvalue weighted by Gasteiger charge is -2.51. The molecule has 2 heteroatoms. The van der Waals surface area contributed by atoms with Crippen LogP contribution in [0, 0.1) is 23.7 Å². The Hall–Kier alpha value is -1.44. The van der Waals surface area contributed by atoms with Gasteiger partial charge in [-0.3, -0.25) is 0 Å². The van der Waals surface area contributed by atoms with Gasteiger partial charge in [-0.1, -0.05) is 18.2 Å². The van der Waals surface area contributed by atoms with Crippen LogP contribution in [-0.2, 0) is 11.3 Å². The number of hydrogen-bond donors (Lipinski definition) is 1. The molecule has 2 nitrogen and oxygen atoms in total. The van der Waals surface area contributed by atoms with E-state index in [1.165, 1.54) is 32.1 Å². The van der Waals surface area contributed by atoms with Crippen molar-refractivity contribution in [3.8, 4) is 5.75 Å². The summed E-state index contributed by atoms with van der Waals surface area (Å²) in [5, 5.41) is 9.75. The van der Waals surface area contributed by atoms with Gasteiger partial charge in [-0.05, 0) is 67.4 Å². The minimum Gasteiger partial charge on any atom is -0.508 e. The third-order valence-corrected chi connectivity index (χ3v) is 5.53. The second-order valence-electron chi connectivity index (χ2n) is 6.86. The van der Waals surface area contributed by atoms with Crippen molar-refractivity contribution in [3.05, 3.63) is 41.7 Å². The van der Waals surface area contributed by atoms with E-state index in [1.54, 1.807) is 11.6 Å². The van der Waals surface area contributed by atoms with Gasteiger partial charge >= 0.3 is 0 Å². The van der Waals surface area contributed by atoms with Crippen LogP contribution < -0.4 is 0 Å². The van der Waals surface area contributed by atoms with Gasteiger partial charge < -0.3 is 9.84 Å². The van der Waals surface area contributed by atoms with Gasteiger partial charge in [-0.15, -0.1) is 0 Å². The Morgan fingerprint density at radius 3 is 2.30 bits per heavy atom. The first-order valence-corrected chi connectivity index (χ1v) is 7.88. The Labute approximate surface area is 120 Å². The van der Waals surface area contributed by atoms with Crippen molar-refractivity contribution in [2.45, 2.75) is 38.7 Å². The van der Waals surface area contributed by atoms with E-state index in [0.717, 1.165) is 29.2 Å². The van der Waals surface area contributed by atoms with Gasteiger partial charge in [-0.2, -0.15) is 0 Å². The molecule has 0 spiro atoms. The average Bonchev–Trinajstić information content (AvgIpc) is 2.43. The molecule has 0 heterocycles. The molecule has 4 aliphatic carbocycles. The lowest BCUT2D eigenvalue weighted by molar-refractivity contribution is 0.0631.